The molecule has 21 heavy (non-hydrogen) atoms. The van der Waals surface area contributed by atoms with Gasteiger partial charge in [0.1, 0.15) is 0 Å². The minimum absolute atomic E-state index is 0.00504. The molecule has 0 bridgehead atoms. The molecule has 3 aromatic rings. The minimum atomic E-state index is -0.485. The lowest BCUT2D eigenvalue weighted by Gasteiger charge is -2.25. The van der Waals surface area contributed by atoms with E-state index in [2.05, 4.69) is 42.3 Å². The zero-order chi connectivity index (χ0) is 14.6. The van der Waals surface area contributed by atoms with Crippen molar-refractivity contribution in [1.82, 2.24) is 10.3 Å². The van der Waals surface area contributed by atoms with Gasteiger partial charge in [-0.15, -0.1) is 0 Å². The summed E-state index contributed by atoms with van der Waals surface area (Å²) in [5.74, 6) is -0.00504. The molecule has 2 aromatic carbocycles. The summed E-state index contributed by atoms with van der Waals surface area (Å²) < 4.78 is 0. The molecule has 1 aliphatic heterocycles. The van der Waals surface area contributed by atoms with Crippen LogP contribution in [0.3, 0.4) is 0 Å². The molecule has 0 saturated heterocycles. The first-order valence-corrected chi connectivity index (χ1v) is 7.10. The SMILES string of the molecule is Cc1ccc2c([C@]3(C)NC(=O)c4ccccc43)c[nH]c2c1. The zero-order valence-corrected chi connectivity index (χ0v) is 12.0. The Kier molecular flexibility index (Phi) is 2.31. The summed E-state index contributed by atoms with van der Waals surface area (Å²) in [5.41, 5.74) is 4.75. The first-order chi connectivity index (χ1) is 10.1. The fourth-order valence-corrected chi connectivity index (χ4v) is 3.34. The molecule has 2 N–H and O–H groups in total. The number of aromatic nitrogens is 1. The second-order valence-corrected chi connectivity index (χ2v) is 5.88. The fraction of sp³-hybridized carbons (Fsp3) is 0.167. The molecule has 2 heterocycles. The van der Waals surface area contributed by atoms with Crippen LogP contribution in [0, 0.1) is 6.92 Å². The number of aromatic amines is 1. The Bertz CT molecular complexity index is 878. The van der Waals surface area contributed by atoms with Gasteiger partial charge in [-0.05, 0) is 37.1 Å². The largest absolute Gasteiger partial charge is 0.361 e. The summed E-state index contributed by atoms with van der Waals surface area (Å²) in [5, 5.41) is 4.30. The quantitative estimate of drug-likeness (QED) is 0.702. The molecule has 0 spiro atoms. The number of nitrogens with one attached hydrogen (secondary N) is 2. The Morgan fingerprint density at radius 2 is 1.86 bits per heavy atom. The summed E-state index contributed by atoms with van der Waals surface area (Å²) >= 11 is 0. The monoisotopic (exact) mass is 276 g/mol. The molecule has 0 unspecified atom stereocenters. The summed E-state index contributed by atoms with van der Waals surface area (Å²) in [4.78, 5) is 15.6. The first-order valence-electron chi connectivity index (χ1n) is 7.10. The van der Waals surface area contributed by atoms with Gasteiger partial charge in [0.2, 0.25) is 0 Å². The lowest BCUT2D eigenvalue weighted by atomic mass is 9.85. The van der Waals surface area contributed by atoms with Crippen LogP contribution in [-0.4, -0.2) is 10.9 Å². The second kappa shape index (κ2) is 3.98. The standard InChI is InChI=1S/C18H16N2O/c1-11-7-8-12-15(10-19-16(12)9-11)18(2)14-6-4-3-5-13(14)17(21)20-18/h3-10,19H,1-2H3,(H,20,21)/t18-/m1/s1. The van der Waals surface area contributed by atoms with Crippen LogP contribution >= 0.6 is 0 Å². The van der Waals surface area contributed by atoms with Crippen molar-refractivity contribution in [2.24, 2.45) is 0 Å². The van der Waals surface area contributed by atoms with Crippen LogP contribution in [0.25, 0.3) is 10.9 Å². The average Bonchev–Trinajstić information content (AvgIpc) is 3.00. The molecule has 4 rings (SSSR count). The van der Waals surface area contributed by atoms with E-state index in [1.54, 1.807) is 0 Å². The molecule has 1 aromatic heterocycles. The van der Waals surface area contributed by atoms with E-state index in [4.69, 9.17) is 0 Å². The van der Waals surface area contributed by atoms with Crippen molar-refractivity contribution in [3.63, 3.8) is 0 Å². The molecule has 0 saturated carbocycles. The fourth-order valence-electron chi connectivity index (χ4n) is 3.34. The molecule has 0 radical (unpaired) electrons. The Morgan fingerprint density at radius 3 is 2.71 bits per heavy atom. The van der Waals surface area contributed by atoms with Gasteiger partial charge in [-0.2, -0.15) is 0 Å². The van der Waals surface area contributed by atoms with Crippen molar-refractivity contribution >= 4 is 16.8 Å². The third-order valence-corrected chi connectivity index (χ3v) is 4.45. The van der Waals surface area contributed by atoms with Crippen LogP contribution in [-0.2, 0) is 5.54 Å². The van der Waals surface area contributed by atoms with Gasteiger partial charge >= 0.3 is 0 Å². The van der Waals surface area contributed by atoms with Gasteiger partial charge in [0.05, 0.1) is 5.54 Å². The third-order valence-electron chi connectivity index (χ3n) is 4.45. The Balaban J connectivity index is 1.99. The van der Waals surface area contributed by atoms with E-state index >= 15 is 0 Å². The highest BCUT2D eigenvalue weighted by molar-refractivity contribution is 6.01. The van der Waals surface area contributed by atoms with Gasteiger partial charge in [0.15, 0.2) is 0 Å². The summed E-state index contributed by atoms with van der Waals surface area (Å²) in [6, 6.07) is 14.2. The van der Waals surface area contributed by atoms with Crippen molar-refractivity contribution in [3.05, 3.63) is 70.9 Å². The van der Waals surface area contributed by atoms with Crippen LogP contribution in [0.15, 0.2) is 48.7 Å². The lowest BCUT2D eigenvalue weighted by Crippen LogP contribution is -2.37. The van der Waals surface area contributed by atoms with E-state index in [9.17, 15) is 4.79 Å². The molecular weight excluding hydrogens is 260 g/mol. The topological polar surface area (TPSA) is 44.9 Å². The summed E-state index contributed by atoms with van der Waals surface area (Å²) in [6.07, 6.45) is 2.01. The van der Waals surface area contributed by atoms with Crippen molar-refractivity contribution in [2.45, 2.75) is 19.4 Å². The average molecular weight is 276 g/mol. The Morgan fingerprint density at radius 1 is 1.05 bits per heavy atom. The number of amides is 1. The van der Waals surface area contributed by atoms with Crippen LogP contribution < -0.4 is 5.32 Å². The second-order valence-electron chi connectivity index (χ2n) is 5.88. The molecule has 104 valence electrons. The summed E-state index contributed by atoms with van der Waals surface area (Å²) in [6.45, 7) is 4.15. The van der Waals surface area contributed by atoms with E-state index in [1.165, 1.54) is 5.56 Å². The van der Waals surface area contributed by atoms with Gasteiger partial charge in [0.25, 0.3) is 5.91 Å². The predicted molar refractivity (Wildman–Crippen MR) is 83.4 cm³/mol. The molecule has 3 nitrogen and oxygen atoms in total. The lowest BCUT2D eigenvalue weighted by molar-refractivity contribution is 0.0945. The highest BCUT2D eigenvalue weighted by Crippen LogP contribution is 2.39. The number of hydrogen-bond acceptors (Lipinski definition) is 1. The maximum atomic E-state index is 12.2. The maximum Gasteiger partial charge on any atom is 0.252 e. The van der Waals surface area contributed by atoms with E-state index in [-0.39, 0.29) is 5.91 Å². The predicted octanol–water partition coefficient (Wildman–Crippen LogP) is 3.48. The number of H-pyrrole nitrogens is 1. The van der Waals surface area contributed by atoms with Gasteiger partial charge in [-0.3, -0.25) is 4.79 Å². The van der Waals surface area contributed by atoms with Crippen LogP contribution in [0.1, 0.15) is 34.0 Å². The van der Waals surface area contributed by atoms with Crippen LogP contribution in [0.5, 0.6) is 0 Å². The van der Waals surface area contributed by atoms with Gasteiger partial charge in [0, 0.05) is 28.2 Å². The number of carbonyl (C=O) groups excluding carboxylic acids is 1. The minimum Gasteiger partial charge on any atom is -0.361 e. The Hall–Kier alpha value is -2.55. The number of fused-ring (bicyclic) bond motifs is 2. The van der Waals surface area contributed by atoms with Crippen molar-refractivity contribution in [3.8, 4) is 0 Å². The molecule has 0 aliphatic carbocycles. The van der Waals surface area contributed by atoms with Crippen molar-refractivity contribution in [2.75, 3.05) is 0 Å². The number of rotatable bonds is 1. The van der Waals surface area contributed by atoms with E-state index < -0.39 is 5.54 Å². The molecule has 1 atom stereocenters. The number of aryl methyl sites for hydroxylation is 1. The summed E-state index contributed by atoms with van der Waals surface area (Å²) in [7, 11) is 0. The van der Waals surface area contributed by atoms with Crippen LogP contribution in [0.2, 0.25) is 0 Å². The molecule has 0 fully saturated rings. The third kappa shape index (κ3) is 1.57. The van der Waals surface area contributed by atoms with Crippen molar-refractivity contribution in [1.29, 1.82) is 0 Å². The highest BCUT2D eigenvalue weighted by atomic mass is 16.2. The molecule has 1 amide bonds. The smallest absolute Gasteiger partial charge is 0.252 e. The van der Waals surface area contributed by atoms with E-state index in [0.29, 0.717) is 0 Å². The first kappa shape index (κ1) is 12.2. The van der Waals surface area contributed by atoms with Gasteiger partial charge in [-0.1, -0.05) is 30.3 Å². The zero-order valence-electron chi connectivity index (χ0n) is 12.0. The number of carbonyl (C=O) groups is 1. The molecular formula is C18H16N2O. The van der Waals surface area contributed by atoms with E-state index in [0.717, 1.165) is 27.6 Å². The highest BCUT2D eigenvalue weighted by Gasteiger charge is 2.41. The molecule has 3 heteroatoms. The number of benzene rings is 2. The maximum absolute atomic E-state index is 12.2. The van der Waals surface area contributed by atoms with Gasteiger partial charge < -0.3 is 10.3 Å². The van der Waals surface area contributed by atoms with Crippen molar-refractivity contribution < 1.29 is 4.79 Å². The van der Waals surface area contributed by atoms with Gasteiger partial charge in [-0.25, -0.2) is 0 Å². The van der Waals surface area contributed by atoms with E-state index in [1.807, 2.05) is 30.5 Å². The van der Waals surface area contributed by atoms with Crippen LogP contribution in [0.4, 0.5) is 0 Å². The molecule has 1 aliphatic rings. The Labute approximate surface area is 123 Å². The normalized spacial score (nSPS) is 20.6. The number of hydrogen-bond donors (Lipinski definition) is 2.